The molecule has 2 N–H and O–H groups in total. The summed E-state index contributed by atoms with van der Waals surface area (Å²) in [5.74, 6) is -0.783. The number of carbonyl (C=O) groups is 4. The highest BCUT2D eigenvalue weighted by molar-refractivity contribution is 6.04. The third-order valence-electron chi connectivity index (χ3n) is 10.1. The molecule has 0 amide bonds. The second kappa shape index (κ2) is 31.7. The summed E-state index contributed by atoms with van der Waals surface area (Å²) in [4.78, 5) is 46.1. The van der Waals surface area contributed by atoms with Crippen LogP contribution in [0.5, 0.6) is 0 Å². The van der Waals surface area contributed by atoms with E-state index in [1.807, 2.05) is 103 Å². The molecule has 68 heavy (non-hydrogen) atoms. The molecule has 356 valence electrons. The van der Waals surface area contributed by atoms with E-state index in [0.29, 0.717) is 27.8 Å². The lowest BCUT2D eigenvalue weighted by Gasteiger charge is -2.29. The van der Waals surface area contributed by atoms with Crippen molar-refractivity contribution in [3.05, 3.63) is 251 Å². The molecule has 2 atom stereocenters. The molecular formula is C57H62O11. The summed E-state index contributed by atoms with van der Waals surface area (Å²) >= 11 is 0. The number of aliphatic hydroxyl groups excluding tert-OH is 2. The van der Waals surface area contributed by atoms with Gasteiger partial charge in [-0.05, 0) is 23.3 Å². The fourth-order valence-electron chi connectivity index (χ4n) is 6.40. The minimum absolute atomic E-state index is 0. The molecular weight excluding hydrogens is 861 g/mol. The van der Waals surface area contributed by atoms with Gasteiger partial charge in [0.25, 0.3) is 0 Å². The number of Topliss-reactive ketones (excluding diaryl/α,β-unsaturated/α-hetero) is 2. The van der Waals surface area contributed by atoms with Crippen LogP contribution < -0.4 is 0 Å². The number of carbonyl (C=O) groups excluding carboxylic acids is 4. The first kappa shape index (κ1) is 56.9. The van der Waals surface area contributed by atoms with Crippen molar-refractivity contribution in [1.82, 2.24) is 0 Å². The molecule has 7 aromatic carbocycles. The van der Waals surface area contributed by atoms with Gasteiger partial charge in [0, 0.05) is 50.7 Å². The van der Waals surface area contributed by atoms with Crippen molar-refractivity contribution >= 4 is 23.8 Å². The maximum absolute atomic E-state index is 12.6. The topological polar surface area (TPSA) is 155 Å². The fraction of sp³-hybridized carbons (Fsp3) is 0.193. The minimum atomic E-state index is -1.34. The second-order valence-corrected chi connectivity index (χ2v) is 14.1. The van der Waals surface area contributed by atoms with Gasteiger partial charge in [-0.1, -0.05) is 208 Å². The van der Waals surface area contributed by atoms with Crippen molar-refractivity contribution in [2.75, 3.05) is 48.8 Å². The highest BCUT2D eigenvalue weighted by Crippen LogP contribution is 2.30. The SMILES string of the molecule is C.COC(=O)c1ccccc1.COC(CO)(C(=O)c1ccccc1)c1ccccc1.COC(CO)(C(=O)c1ccccc1)c1ccccc1.COC(OC)c1ccccc1.O=Cc1ccccc1. The van der Waals surface area contributed by atoms with Crippen LogP contribution >= 0.6 is 0 Å². The predicted octanol–water partition coefficient (Wildman–Crippen LogP) is 10.4. The average molecular weight is 923 g/mol. The largest absolute Gasteiger partial charge is 0.465 e. The van der Waals surface area contributed by atoms with Gasteiger partial charge in [-0.15, -0.1) is 0 Å². The van der Waals surface area contributed by atoms with Crippen LogP contribution in [0.15, 0.2) is 212 Å². The van der Waals surface area contributed by atoms with E-state index in [0.717, 1.165) is 17.4 Å². The Morgan fingerprint density at radius 3 is 1.01 bits per heavy atom. The number of ketones is 2. The summed E-state index contributed by atoms with van der Waals surface area (Å²) in [6.07, 6.45) is 0.594. The molecule has 7 aromatic rings. The van der Waals surface area contributed by atoms with E-state index in [4.69, 9.17) is 18.9 Å². The van der Waals surface area contributed by atoms with Crippen LogP contribution in [0.1, 0.15) is 71.8 Å². The van der Waals surface area contributed by atoms with Crippen molar-refractivity contribution in [1.29, 1.82) is 0 Å². The maximum Gasteiger partial charge on any atom is 0.337 e. The zero-order chi connectivity index (χ0) is 48.8. The Balaban J connectivity index is 0.000000302. The number of esters is 1. The van der Waals surface area contributed by atoms with Crippen LogP contribution in [-0.2, 0) is 34.9 Å². The lowest BCUT2D eigenvalue weighted by molar-refractivity contribution is -0.106. The van der Waals surface area contributed by atoms with Crippen molar-refractivity contribution < 1.29 is 53.1 Å². The number of hydrogen-bond acceptors (Lipinski definition) is 11. The quantitative estimate of drug-likeness (QED) is 0.0437. The van der Waals surface area contributed by atoms with Crippen molar-refractivity contribution in [2.24, 2.45) is 0 Å². The molecule has 0 aromatic heterocycles. The molecule has 0 heterocycles. The second-order valence-electron chi connectivity index (χ2n) is 14.1. The summed E-state index contributed by atoms with van der Waals surface area (Å²) in [6.45, 7) is -0.803. The van der Waals surface area contributed by atoms with Gasteiger partial charge in [-0.3, -0.25) is 14.4 Å². The normalized spacial score (nSPS) is 11.7. The van der Waals surface area contributed by atoms with E-state index in [-0.39, 0.29) is 31.3 Å². The fourth-order valence-corrected chi connectivity index (χ4v) is 6.40. The van der Waals surface area contributed by atoms with Crippen LogP contribution in [0.4, 0.5) is 0 Å². The molecule has 0 aliphatic heterocycles. The smallest absolute Gasteiger partial charge is 0.337 e. The molecule has 0 aliphatic carbocycles. The van der Waals surface area contributed by atoms with Gasteiger partial charge in [-0.25, -0.2) is 4.79 Å². The van der Waals surface area contributed by atoms with Gasteiger partial charge in [0.1, 0.15) is 6.29 Å². The molecule has 0 saturated carbocycles. The van der Waals surface area contributed by atoms with Gasteiger partial charge in [0.15, 0.2) is 17.5 Å². The van der Waals surface area contributed by atoms with Gasteiger partial charge >= 0.3 is 5.97 Å². The third kappa shape index (κ3) is 16.6. The van der Waals surface area contributed by atoms with E-state index < -0.39 is 24.4 Å². The molecule has 7 rings (SSSR count). The number of aliphatic hydroxyl groups is 2. The number of methoxy groups -OCH3 is 5. The Kier molecular flexibility index (Phi) is 26.5. The number of aldehydes is 1. The molecule has 0 aliphatic rings. The Hall–Kier alpha value is -7.22. The first-order valence-electron chi connectivity index (χ1n) is 21.0. The number of hydrogen-bond donors (Lipinski definition) is 2. The van der Waals surface area contributed by atoms with E-state index in [2.05, 4.69) is 4.74 Å². The van der Waals surface area contributed by atoms with Crippen molar-refractivity contribution in [3.63, 3.8) is 0 Å². The Bertz CT molecular complexity index is 2300. The molecule has 0 spiro atoms. The van der Waals surface area contributed by atoms with Gasteiger partial charge in [-0.2, -0.15) is 0 Å². The molecule has 0 fully saturated rings. The van der Waals surface area contributed by atoms with Gasteiger partial charge < -0.3 is 33.9 Å². The van der Waals surface area contributed by atoms with Crippen molar-refractivity contribution in [2.45, 2.75) is 24.9 Å². The van der Waals surface area contributed by atoms with Crippen molar-refractivity contribution in [3.8, 4) is 0 Å². The standard InChI is InChI=1S/2C16H16O3.C9H12O2.C8H8O2.C7H6O.CH4/c2*1-19-16(12-17,14-10-6-3-7-11-14)15(18)13-8-4-2-5-9-13;1-10-9(11-2)8-6-4-3-5-7-8;1-10-8(9)7-5-3-2-4-6-7;8-6-7-4-2-1-3-5-7;/h2*2-11,17H,12H2,1H3;3-7,9H,1-2H3;2-6H,1H3;1-6H;1H4. The number of benzene rings is 7. The third-order valence-corrected chi connectivity index (χ3v) is 10.1. The summed E-state index contributed by atoms with van der Waals surface area (Å²) in [7, 11) is 7.49. The first-order valence-corrected chi connectivity index (χ1v) is 21.0. The van der Waals surface area contributed by atoms with E-state index in [9.17, 15) is 29.4 Å². The zero-order valence-corrected chi connectivity index (χ0v) is 38.3. The molecule has 11 heteroatoms. The summed E-state index contributed by atoms with van der Waals surface area (Å²) < 4.78 is 25.4. The lowest BCUT2D eigenvalue weighted by Crippen LogP contribution is -2.41. The zero-order valence-electron chi connectivity index (χ0n) is 38.3. The first-order chi connectivity index (χ1) is 32.6. The summed E-state index contributed by atoms with van der Waals surface area (Å²) in [5, 5.41) is 19.4. The van der Waals surface area contributed by atoms with E-state index in [1.54, 1.807) is 123 Å². The molecule has 0 saturated heterocycles. The summed E-state index contributed by atoms with van der Waals surface area (Å²) in [5.41, 5.74) is 1.99. The summed E-state index contributed by atoms with van der Waals surface area (Å²) in [6, 6.07) is 63.6. The lowest BCUT2D eigenvalue weighted by atomic mass is 9.86. The van der Waals surface area contributed by atoms with E-state index in [1.165, 1.54) is 21.3 Å². The Labute approximate surface area is 400 Å². The van der Waals surface area contributed by atoms with E-state index >= 15 is 0 Å². The van der Waals surface area contributed by atoms with Crippen LogP contribution in [-0.4, -0.2) is 82.8 Å². The van der Waals surface area contributed by atoms with Crippen LogP contribution in [0, 0.1) is 0 Å². The molecule has 0 radical (unpaired) electrons. The number of ether oxygens (including phenoxy) is 5. The van der Waals surface area contributed by atoms with Crippen LogP contribution in [0.2, 0.25) is 0 Å². The Morgan fingerprint density at radius 2 is 0.750 bits per heavy atom. The van der Waals surface area contributed by atoms with Gasteiger partial charge in [0.2, 0.25) is 11.6 Å². The van der Waals surface area contributed by atoms with Gasteiger partial charge in [0.05, 0.1) is 25.9 Å². The highest BCUT2D eigenvalue weighted by Gasteiger charge is 2.41. The monoisotopic (exact) mass is 922 g/mol. The van der Waals surface area contributed by atoms with Crippen LogP contribution in [0.3, 0.4) is 0 Å². The highest BCUT2D eigenvalue weighted by atomic mass is 16.7. The molecule has 11 nitrogen and oxygen atoms in total. The predicted molar refractivity (Wildman–Crippen MR) is 266 cm³/mol. The minimum Gasteiger partial charge on any atom is -0.465 e. The van der Waals surface area contributed by atoms with Crippen LogP contribution in [0.25, 0.3) is 0 Å². The maximum atomic E-state index is 12.6. The molecule has 0 bridgehead atoms. The average Bonchev–Trinajstić information content (AvgIpc) is 3.42. The molecule has 2 unspecified atom stereocenters. The Morgan fingerprint density at radius 1 is 0.456 bits per heavy atom. The number of rotatable bonds is 15.